The summed E-state index contributed by atoms with van der Waals surface area (Å²) < 4.78 is 11.2. The third-order valence-corrected chi connectivity index (χ3v) is 4.85. The molecule has 2 aromatic heterocycles. The Kier molecular flexibility index (Phi) is 3.02. The molecule has 0 radical (unpaired) electrons. The van der Waals surface area contributed by atoms with E-state index >= 15 is 0 Å². The van der Waals surface area contributed by atoms with Crippen LogP contribution in [0.15, 0.2) is 10.7 Å². The number of methoxy groups -OCH3 is 1. The van der Waals surface area contributed by atoms with Gasteiger partial charge in [-0.2, -0.15) is 4.98 Å². The van der Waals surface area contributed by atoms with Gasteiger partial charge in [-0.1, -0.05) is 0 Å². The second kappa shape index (κ2) is 4.82. The predicted molar refractivity (Wildman–Crippen MR) is 84.1 cm³/mol. The fourth-order valence-electron chi connectivity index (χ4n) is 3.26. The van der Waals surface area contributed by atoms with Gasteiger partial charge in [0.25, 0.3) is 0 Å². The van der Waals surface area contributed by atoms with Crippen LogP contribution < -0.4 is 16.0 Å². The van der Waals surface area contributed by atoms with Crippen LogP contribution in [-0.4, -0.2) is 49.9 Å². The molecule has 1 aliphatic heterocycles. The van der Waals surface area contributed by atoms with Gasteiger partial charge in [-0.3, -0.25) is 0 Å². The molecule has 7 heteroatoms. The van der Waals surface area contributed by atoms with Gasteiger partial charge < -0.3 is 25.1 Å². The minimum atomic E-state index is 0.0422. The molecule has 4 rings (SSSR count). The van der Waals surface area contributed by atoms with Crippen LogP contribution in [-0.2, 0) is 10.2 Å². The van der Waals surface area contributed by atoms with E-state index in [1.54, 1.807) is 7.11 Å². The highest BCUT2D eigenvalue weighted by Crippen LogP contribution is 2.51. The van der Waals surface area contributed by atoms with Gasteiger partial charge in [0.2, 0.25) is 5.95 Å². The van der Waals surface area contributed by atoms with Crippen molar-refractivity contribution in [2.24, 2.45) is 0 Å². The van der Waals surface area contributed by atoms with Crippen molar-refractivity contribution in [3.8, 4) is 0 Å². The minimum Gasteiger partial charge on any atom is -0.458 e. The van der Waals surface area contributed by atoms with Gasteiger partial charge in [-0.05, 0) is 19.9 Å². The Balaban J connectivity index is 1.76. The van der Waals surface area contributed by atoms with Crippen LogP contribution in [0, 0.1) is 0 Å². The summed E-state index contributed by atoms with van der Waals surface area (Å²) in [6, 6.07) is 0.490. The first-order chi connectivity index (χ1) is 10.7. The van der Waals surface area contributed by atoms with Crippen LogP contribution >= 0.6 is 0 Å². The highest BCUT2D eigenvalue weighted by molar-refractivity contribution is 5.89. The first-order valence-electron chi connectivity index (χ1n) is 7.63. The van der Waals surface area contributed by atoms with Crippen molar-refractivity contribution < 1.29 is 9.15 Å². The maximum atomic E-state index is 5.94. The monoisotopic (exact) mass is 303 g/mol. The lowest BCUT2D eigenvalue weighted by Crippen LogP contribution is -2.57. The second-order valence-electron chi connectivity index (χ2n) is 6.34. The van der Waals surface area contributed by atoms with Crippen LogP contribution in [0.5, 0.6) is 0 Å². The summed E-state index contributed by atoms with van der Waals surface area (Å²) in [5.74, 6) is 1.10. The third-order valence-electron chi connectivity index (χ3n) is 4.85. The molecule has 0 bridgehead atoms. The summed E-state index contributed by atoms with van der Waals surface area (Å²) in [6.45, 7) is 2.50. The molecule has 22 heavy (non-hydrogen) atoms. The molecule has 2 fully saturated rings. The molecular weight excluding hydrogens is 282 g/mol. The fraction of sp³-hybridized carbons (Fsp3) is 0.600. The Hall–Kier alpha value is -1.86. The van der Waals surface area contributed by atoms with E-state index in [0.29, 0.717) is 18.6 Å². The van der Waals surface area contributed by atoms with E-state index in [1.807, 2.05) is 13.3 Å². The summed E-state index contributed by atoms with van der Waals surface area (Å²) in [5, 5.41) is 3.26. The molecule has 118 valence electrons. The normalized spacial score (nSPS) is 20.4. The van der Waals surface area contributed by atoms with Gasteiger partial charge in [0.15, 0.2) is 11.4 Å². The van der Waals surface area contributed by atoms with E-state index < -0.39 is 0 Å². The smallest absolute Gasteiger partial charge is 0.222 e. The second-order valence-corrected chi connectivity index (χ2v) is 6.34. The number of ether oxygens (including phenoxy) is 1. The van der Waals surface area contributed by atoms with Crippen molar-refractivity contribution in [3.63, 3.8) is 0 Å². The molecular formula is C15H21N5O2. The predicted octanol–water partition coefficient (Wildman–Crippen LogP) is 0.891. The Morgan fingerprint density at radius 2 is 2.23 bits per heavy atom. The number of anilines is 2. The van der Waals surface area contributed by atoms with Gasteiger partial charge in [-0.25, -0.2) is 4.98 Å². The molecule has 1 aliphatic carbocycles. The van der Waals surface area contributed by atoms with Crippen LogP contribution in [0.25, 0.3) is 11.1 Å². The molecule has 3 heterocycles. The van der Waals surface area contributed by atoms with E-state index in [0.717, 1.165) is 48.4 Å². The Labute approximate surface area is 128 Å². The van der Waals surface area contributed by atoms with Gasteiger partial charge in [0, 0.05) is 37.2 Å². The van der Waals surface area contributed by atoms with Crippen LogP contribution in [0.2, 0.25) is 0 Å². The van der Waals surface area contributed by atoms with Crippen LogP contribution in [0.3, 0.4) is 0 Å². The van der Waals surface area contributed by atoms with E-state index in [2.05, 4.69) is 20.2 Å². The lowest BCUT2D eigenvalue weighted by Gasteiger charge is -2.39. The molecule has 2 aromatic rings. The molecule has 7 nitrogen and oxygen atoms in total. The lowest BCUT2D eigenvalue weighted by atomic mass is 9.99. The van der Waals surface area contributed by atoms with E-state index in [-0.39, 0.29) is 5.41 Å². The number of nitrogens with one attached hydrogen (secondary N) is 1. The molecule has 1 saturated heterocycles. The zero-order valence-corrected chi connectivity index (χ0v) is 12.9. The summed E-state index contributed by atoms with van der Waals surface area (Å²) in [6.07, 6.45) is 4.00. The number of nitrogens with zero attached hydrogens (tertiary/aromatic N) is 3. The first kappa shape index (κ1) is 13.8. The van der Waals surface area contributed by atoms with E-state index in [1.165, 1.54) is 0 Å². The summed E-state index contributed by atoms with van der Waals surface area (Å²) in [5.41, 5.74) is 8.66. The van der Waals surface area contributed by atoms with Crippen molar-refractivity contribution in [2.75, 3.05) is 44.5 Å². The molecule has 2 aliphatic rings. The van der Waals surface area contributed by atoms with Gasteiger partial charge in [0.05, 0.1) is 12.9 Å². The topological polar surface area (TPSA) is 89.4 Å². The number of rotatable bonds is 5. The molecule has 0 spiro atoms. The third kappa shape index (κ3) is 1.96. The summed E-state index contributed by atoms with van der Waals surface area (Å²) in [7, 11) is 3.70. The van der Waals surface area contributed by atoms with Crippen molar-refractivity contribution in [1.82, 2.24) is 15.3 Å². The zero-order valence-electron chi connectivity index (χ0n) is 12.9. The standard InChI is InChI=1S/C15H21N5O2/c1-17-9-5-20(6-9)13-12-11(18-14(16)19-13)10(7-22-12)15(3-4-15)8-21-2/h7,9,17H,3-6,8H2,1-2H3,(H2,16,18,19). The minimum absolute atomic E-state index is 0.0422. The van der Waals surface area contributed by atoms with Gasteiger partial charge in [-0.15, -0.1) is 0 Å². The average molecular weight is 303 g/mol. The highest BCUT2D eigenvalue weighted by atomic mass is 16.5. The molecule has 1 saturated carbocycles. The highest BCUT2D eigenvalue weighted by Gasteiger charge is 2.47. The van der Waals surface area contributed by atoms with Crippen molar-refractivity contribution in [2.45, 2.75) is 24.3 Å². The van der Waals surface area contributed by atoms with E-state index in [9.17, 15) is 0 Å². The maximum Gasteiger partial charge on any atom is 0.222 e. The molecule has 0 amide bonds. The fourth-order valence-corrected chi connectivity index (χ4v) is 3.26. The number of fused-ring (bicyclic) bond motifs is 1. The van der Waals surface area contributed by atoms with E-state index in [4.69, 9.17) is 14.9 Å². The average Bonchev–Trinajstić information content (AvgIpc) is 3.09. The molecule has 0 aromatic carbocycles. The lowest BCUT2D eigenvalue weighted by molar-refractivity contribution is 0.171. The van der Waals surface area contributed by atoms with Crippen LogP contribution in [0.4, 0.5) is 11.8 Å². The van der Waals surface area contributed by atoms with Gasteiger partial charge >= 0.3 is 0 Å². The van der Waals surface area contributed by atoms with Gasteiger partial charge in [0.1, 0.15) is 5.52 Å². The molecule has 0 atom stereocenters. The number of aromatic nitrogens is 2. The first-order valence-corrected chi connectivity index (χ1v) is 7.63. The van der Waals surface area contributed by atoms with Crippen molar-refractivity contribution >= 4 is 22.9 Å². The number of hydrogen-bond acceptors (Lipinski definition) is 7. The number of nitrogen functional groups attached to an aromatic ring is 1. The largest absolute Gasteiger partial charge is 0.458 e. The number of hydrogen-bond donors (Lipinski definition) is 2. The number of furan rings is 1. The quantitative estimate of drug-likeness (QED) is 0.848. The summed E-state index contributed by atoms with van der Waals surface area (Å²) in [4.78, 5) is 11.0. The van der Waals surface area contributed by atoms with Crippen LogP contribution in [0.1, 0.15) is 18.4 Å². The van der Waals surface area contributed by atoms with Crippen molar-refractivity contribution in [1.29, 1.82) is 0 Å². The molecule has 0 unspecified atom stereocenters. The Morgan fingerprint density at radius 1 is 1.45 bits per heavy atom. The Morgan fingerprint density at radius 3 is 2.86 bits per heavy atom. The Bertz CT molecular complexity index is 703. The maximum absolute atomic E-state index is 5.94. The van der Waals surface area contributed by atoms with Crippen molar-refractivity contribution in [3.05, 3.63) is 11.8 Å². The SMILES string of the molecule is CNC1CN(c2nc(N)nc3c(C4(COC)CC4)coc23)C1. The zero-order chi connectivity index (χ0) is 15.3. The number of nitrogens with two attached hydrogens (primary N) is 1. The molecule has 3 N–H and O–H groups in total. The number of likely N-dealkylation sites (N-methyl/N-ethyl adjacent to an activating group) is 1. The summed E-state index contributed by atoms with van der Waals surface area (Å²) >= 11 is 0.